The molecule has 0 unspecified atom stereocenters. The van der Waals surface area contributed by atoms with Gasteiger partial charge in [-0.25, -0.2) is 4.98 Å². The van der Waals surface area contributed by atoms with Gasteiger partial charge in [-0.15, -0.1) is 0 Å². The molecule has 1 aliphatic rings. The van der Waals surface area contributed by atoms with E-state index in [2.05, 4.69) is 31.6 Å². The van der Waals surface area contributed by atoms with Crippen LogP contribution in [0.3, 0.4) is 0 Å². The molecule has 2 aromatic rings. The molecule has 1 aliphatic heterocycles. The lowest BCUT2D eigenvalue weighted by atomic mass is 10.0. The number of aryl methyl sites for hydroxylation is 2. The molecule has 0 bridgehead atoms. The molecule has 0 amide bonds. The van der Waals surface area contributed by atoms with Crippen LogP contribution in [-0.2, 0) is 24.8 Å². The standard InChI is InChI=1S/C17H24N4O/c1-14-4-3-5-16(19-14)10-15-11-21(8-9-22-13-15)12-17-18-6-7-20(17)2/h3-7,15H,8-13H2,1-2H3/t15-/m0/s1. The first kappa shape index (κ1) is 15.2. The number of nitrogens with zero attached hydrogens (tertiary/aromatic N) is 4. The highest BCUT2D eigenvalue weighted by atomic mass is 16.5. The molecule has 1 atom stereocenters. The van der Waals surface area contributed by atoms with Crippen LogP contribution in [0.2, 0.25) is 0 Å². The average molecular weight is 300 g/mol. The molecule has 5 heteroatoms. The van der Waals surface area contributed by atoms with Crippen molar-refractivity contribution in [1.82, 2.24) is 19.4 Å². The van der Waals surface area contributed by atoms with E-state index in [-0.39, 0.29) is 0 Å². The summed E-state index contributed by atoms with van der Waals surface area (Å²) in [6.45, 7) is 6.52. The number of hydrogen-bond acceptors (Lipinski definition) is 4. The van der Waals surface area contributed by atoms with Crippen molar-refractivity contribution in [1.29, 1.82) is 0 Å². The summed E-state index contributed by atoms with van der Waals surface area (Å²) < 4.78 is 7.88. The van der Waals surface area contributed by atoms with Crippen LogP contribution in [0, 0.1) is 12.8 Å². The van der Waals surface area contributed by atoms with E-state index in [1.54, 1.807) is 0 Å². The summed E-state index contributed by atoms with van der Waals surface area (Å²) in [5, 5.41) is 0. The van der Waals surface area contributed by atoms with Gasteiger partial charge in [-0.1, -0.05) is 6.07 Å². The summed E-state index contributed by atoms with van der Waals surface area (Å²) in [7, 11) is 2.05. The van der Waals surface area contributed by atoms with Gasteiger partial charge in [0.2, 0.25) is 0 Å². The van der Waals surface area contributed by atoms with Crippen LogP contribution in [0.25, 0.3) is 0 Å². The van der Waals surface area contributed by atoms with Crippen molar-refractivity contribution >= 4 is 0 Å². The van der Waals surface area contributed by atoms with Crippen LogP contribution < -0.4 is 0 Å². The molecule has 22 heavy (non-hydrogen) atoms. The van der Waals surface area contributed by atoms with Gasteiger partial charge >= 0.3 is 0 Å². The molecule has 0 N–H and O–H groups in total. The van der Waals surface area contributed by atoms with Crippen LogP contribution in [0.5, 0.6) is 0 Å². The van der Waals surface area contributed by atoms with Gasteiger partial charge in [-0.2, -0.15) is 0 Å². The molecule has 2 aromatic heterocycles. The van der Waals surface area contributed by atoms with Crippen molar-refractivity contribution in [3.05, 3.63) is 47.8 Å². The third-order valence-electron chi connectivity index (χ3n) is 4.15. The first-order chi connectivity index (χ1) is 10.7. The minimum Gasteiger partial charge on any atom is -0.380 e. The van der Waals surface area contributed by atoms with Crippen LogP contribution in [0.1, 0.15) is 17.2 Å². The predicted molar refractivity (Wildman–Crippen MR) is 85.5 cm³/mol. The topological polar surface area (TPSA) is 43.2 Å². The lowest BCUT2D eigenvalue weighted by Gasteiger charge is -2.23. The molecule has 5 nitrogen and oxygen atoms in total. The van der Waals surface area contributed by atoms with Gasteiger partial charge in [-0.3, -0.25) is 9.88 Å². The molecule has 0 spiro atoms. The Balaban J connectivity index is 1.63. The summed E-state index contributed by atoms with van der Waals surface area (Å²) in [6, 6.07) is 6.24. The quantitative estimate of drug-likeness (QED) is 0.864. The van der Waals surface area contributed by atoms with Crippen LogP contribution in [-0.4, -0.2) is 45.7 Å². The summed E-state index contributed by atoms with van der Waals surface area (Å²) in [4.78, 5) is 11.5. The lowest BCUT2D eigenvalue weighted by molar-refractivity contribution is 0.121. The van der Waals surface area contributed by atoms with E-state index < -0.39 is 0 Å². The van der Waals surface area contributed by atoms with E-state index in [0.29, 0.717) is 5.92 Å². The Labute approximate surface area is 131 Å². The number of hydrogen-bond donors (Lipinski definition) is 0. The SMILES string of the molecule is Cc1cccc(C[C@@H]2COCCN(Cc3nccn3C)C2)n1. The normalized spacial score (nSPS) is 20.0. The predicted octanol–water partition coefficient (Wildman–Crippen LogP) is 1.81. The number of aromatic nitrogens is 3. The third kappa shape index (κ3) is 3.93. The maximum absolute atomic E-state index is 5.79. The summed E-state index contributed by atoms with van der Waals surface area (Å²) in [6.07, 6.45) is 4.83. The molecule has 1 fully saturated rings. The molecule has 3 rings (SSSR count). The molecular weight excluding hydrogens is 276 g/mol. The van der Waals surface area contributed by atoms with Crippen LogP contribution in [0.15, 0.2) is 30.6 Å². The van der Waals surface area contributed by atoms with Gasteiger partial charge in [0.25, 0.3) is 0 Å². The Kier molecular flexibility index (Phi) is 4.85. The van der Waals surface area contributed by atoms with Gasteiger partial charge in [0, 0.05) is 49.8 Å². The molecule has 118 valence electrons. The second-order valence-corrected chi connectivity index (χ2v) is 6.10. The van der Waals surface area contributed by atoms with Crippen LogP contribution >= 0.6 is 0 Å². The molecular formula is C17H24N4O. The minimum atomic E-state index is 0.483. The Bertz CT molecular complexity index is 610. The molecule has 0 saturated carbocycles. The Hall–Kier alpha value is -1.72. The largest absolute Gasteiger partial charge is 0.380 e. The maximum Gasteiger partial charge on any atom is 0.122 e. The first-order valence-corrected chi connectivity index (χ1v) is 7.89. The minimum absolute atomic E-state index is 0.483. The highest BCUT2D eigenvalue weighted by Gasteiger charge is 2.20. The van der Waals surface area contributed by atoms with Gasteiger partial charge in [0.1, 0.15) is 5.82 Å². The Morgan fingerprint density at radius 3 is 3.05 bits per heavy atom. The Morgan fingerprint density at radius 1 is 1.36 bits per heavy atom. The van der Waals surface area contributed by atoms with Crippen molar-refractivity contribution in [3.63, 3.8) is 0 Å². The summed E-state index contributed by atoms with van der Waals surface area (Å²) in [5.41, 5.74) is 2.24. The van der Waals surface area contributed by atoms with E-state index in [0.717, 1.165) is 56.5 Å². The van der Waals surface area contributed by atoms with E-state index in [1.807, 2.05) is 32.4 Å². The van der Waals surface area contributed by atoms with Gasteiger partial charge in [-0.05, 0) is 25.5 Å². The average Bonchev–Trinajstić information content (AvgIpc) is 2.76. The fraction of sp³-hybridized carbons (Fsp3) is 0.529. The van der Waals surface area contributed by atoms with Gasteiger partial charge < -0.3 is 9.30 Å². The zero-order valence-corrected chi connectivity index (χ0v) is 13.4. The number of imidazole rings is 1. The third-order valence-corrected chi connectivity index (χ3v) is 4.15. The van der Waals surface area contributed by atoms with Crippen molar-refractivity contribution in [2.45, 2.75) is 19.9 Å². The molecule has 1 saturated heterocycles. The van der Waals surface area contributed by atoms with E-state index in [9.17, 15) is 0 Å². The van der Waals surface area contributed by atoms with E-state index in [4.69, 9.17) is 4.74 Å². The monoisotopic (exact) mass is 300 g/mol. The fourth-order valence-electron chi connectivity index (χ4n) is 2.98. The van der Waals surface area contributed by atoms with E-state index >= 15 is 0 Å². The summed E-state index contributed by atoms with van der Waals surface area (Å²) >= 11 is 0. The van der Waals surface area contributed by atoms with Crippen molar-refractivity contribution < 1.29 is 4.74 Å². The molecule has 0 aromatic carbocycles. The van der Waals surface area contributed by atoms with Crippen molar-refractivity contribution in [2.24, 2.45) is 13.0 Å². The lowest BCUT2D eigenvalue weighted by Crippen LogP contribution is -2.31. The summed E-state index contributed by atoms with van der Waals surface area (Å²) in [5.74, 6) is 1.59. The molecule has 0 radical (unpaired) electrons. The fourth-order valence-corrected chi connectivity index (χ4v) is 2.98. The van der Waals surface area contributed by atoms with Crippen molar-refractivity contribution in [2.75, 3.05) is 26.3 Å². The highest BCUT2D eigenvalue weighted by Crippen LogP contribution is 2.15. The van der Waals surface area contributed by atoms with Crippen LogP contribution in [0.4, 0.5) is 0 Å². The first-order valence-electron chi connectivity index (χ1n) is 7.89. The van der Waals surface area contributed by atoms with Gasteiger partial charge in [0.05, 0.1) is 19.8 Å². The molecule has 3 heterocycles. The zero-order chi connectivity index (χ0) is 15.4. The number of ether oxygens (including phenoxy) is 1. The second kappa shape index (κ2) is 7.03. The Morgan fingerprint density at radius 2 is 2.27 bits per heavy atom. The number of pyridine rings is 1. The molecule has 0 aliphatic carbocycles. The van der Waals surface area contributed by atoms with Gasteiger partial charge in [0.15, 0.2) is 0 Å². The van der Waals surface area contributed by atoms with Crippen molar-refractivity contribution in [3.8, 4) is 0 Å². The zero-order valence-electron chi connectivity index (χ0n) is 13.4. The maximum atomic E-state index is 5.79. The highest BCUT2D eigenvalue weighted by molar-refractivity contribution is 5.10. The number of rotatable bonds is 4. The smallest absolute Gasteiger partial charge is 0.122 e. The van der Waals surface area contributed by atoms with E-state index in [1.165, 1.54) is 0 Å². The second-order valence-electron chi connectivity index (χ2n) is 6.10.